The van der Waals surface area contributed by atoms with Gasteiger partial charge in [-0.2, -0.15) is 0 Å². The third-order valence-electron chi connectivity index (χ3n) is 6.84. The number of carbonyl (C=O) groups is 1. The van der Waals surface area contributed by atoms with E-state index in [9.17, 15) is 18.8 Å². The Morgan fingerprint density at radius 1 is 1.15 bits per heavy atom. The molecule has 33 heavy (non-hydrogen) atoms. The van der Waals surface area contributed by atoms with Gasteiger partial charge in [0.15, 0.2) is 0 Å². The summed E-state index contributed by atoms with van der Waals surface area (Å²) in [5.74, 6) is -0.139. The third-order valence-corrected chi connectivity index (χ3v) is 6.84. The lowest BCUT2D eigenvalue weighted by Crippen LogP contribution is -2.39. The summed E-state index contributed by atoms with van der Waals surface area (Å²) in [6.07, 6.45) is 3.47. The number of likely N-dealkylation sites (tertiary alicyclic amines) is 1. The third kappa shape index (κ3) is 4.35. The van der Waals surface area contributed by atoms with Crippen molar-refractivity contribution < 1.29 is 9.18 Å². The first kappa shape index (κ1) is 21.6. The number of nitrogens with zero attached hydrogens (tertiary/aromatic N) is 3. The number of para-hydroxylation sites is 1. The Hall–Kier alpha value is -3.26. The maximum absolute atomic E-state index is 14.7. The fourth-order valence-corrected chi connectivity index (χ4v) is 4.73. The highest BCUT2D eigenvalue weighted by molar-refractivity contribution is 5.94. The lowest BCUT2D eigenvalue weighted by molar-refractivity contribution is 0.0730. The summed E-state index contributed by atoms with van der Waals surface area (Å²) in [6.45, 7) is 2.98. The smallest absolute Gasteiger partial charge is 0.329 e. The number of rotatable bonds is 6. The van der Waals surface area contributed by atoms with Crippen molar-refractivity contribution in [3.05, 3.63) is 80.2 Å². The zero-order valence-corrected chi connectivity index (χ0v) is 18.6. The Kier molecular flexibility index (Phi) is 5.62. The van der Waals surface area contributed by atoms with E-state index in [1.807, 2.05) is 0 Å². The van der Waals surface area contributed by atoms with Crippen LogP contribution in [-0.2, 0) is 6.54 Å². The van der Waals surface area contributed by atoms with Crippen LogP contribution in [0.25, 0.3) is 10.9 Å². The fraction of sp³-hybridized carbons (Fsp3) is 0.400. The number of carbonyl (C=O) groups excluding carboxylic acids is 1. The van der Waals surface area contributed by atoms with Gasteiger partial charge in [-0.3, -0.25) is 19.1 Å². The number of nitrogens with one attached hydrogen (secondary N) is 1. The van der Waals surface area contributed by atoms with E-state index in [1.165, 1.54) is 29.5 Å². The summed E-state index contributed by atoms with van der Waals surface area (Å²) in [4.78, 5) is 44.1. The van der Waals surface area contributed by atoms with E-state index in [0.717, 1.165) is 32.0 Å². The number of aromatic amines is 1. The van der Waals surface area contributed by atoms with Crippen LogP contribution in [0.15, 0.2) is 52.1 Å². The molecule has 1 N–H and O–H groups in total. The normalized spacial score (nSPS) is 18.7. The van der Waals surface area contributed by atoms with Crippen LogP contribution in [0.1, 0.15) is 35.2 Å². The molecule has 1 saturated carbocycles. The van der Waals surface area contributed by atoms with Gasteiger partial charge in [-0.05, 0) is 55.0 Å². The van der Waals surface area contributed by atoms with Crippen molar-refractivity contribution in [2.45, 2.75) is 31.8 Å². The lowest BCUT2D eigenvalue weighted by atomic mass is 10.1. The number of benzene rings is 2. The number of fused-ring (bicyclic) bond motifs is 1. The molecule has 8 heteroatoms. The Morgan fingerprint density at radius 3 is 2.73 bits per heavy atom. The molecule has 5 rings (SSSR count). The van der Waals surface area contributed by atoms with Gasteiger partial charge in [-0.1, -0.05) is 18.2 Å². The molecule has 1 saturated heterocycles. The van der Waals surface area contributed by atoms with Crippen LogP contribution < -0.4 is 11.2 Å². The Morgan fingerprint density at radius 2 is 1.94 bits per heavy atom. The Labute approximate surface area is 190 Å². The molecule has 1 aliphatic carbocycles. The molecule has 7 nitrogen and oxygen atoms in total. The van der Waals surface area contributed by atoms with E-state index in [2.05, 4.69) is 9.88 Å². The number of likely N-dealkylation sites (N-methyl/N-ethyl adjacent to an activating group) is 1. The molecule has 3 aromatic rings. The highest BCUT2D eigenvalue weighted by Crippen LogP contribution is 2.31. The van der Waals surface area contributed by atoms with Gasteiger partial charge in [0, 0.05) is 32.7 Å². The summed E-state index contributed by atoms with van der Waals surface area (Å²) in [5.41, 5.74) is 0.0967. The monoisotopic (exact) mass is 450 g/mol. The molecule has 2 aliphatic rings. The molecule has 0 bridgehead atoms. The van der Waals surface area contributed by atoms with Crippen LogP contribution in [-0.4, -0.2) is 58.0 Å². The van der Waals surface area contributed by atoms with E-state index in [0.29, 0.717) is 16.5 Å². The predicted molar refractivity (Wildman–Crippen MR) is 124 cm³/mol. The number of H-pyrrole nitrogens is 1. The van der Waals surface area contributed by atoms with Crippen LogP contribution in [0.4, 0.5) is 4.39 Å². The Balaban J connectivity index is 1.39. The van der Waals surface area contributed by atoms with Crippen molar-refractivity contribution >= 4 is 16.8 Å². The zero-order chi connectivity index (χ0) is 23.1. The minimum Gasteiger partial charge on any atom is -0.337 e. The minimum atomic E-state index is -0.581. The van der Waals surface area contributed by atoms with E-state index >= 15 is 0 Å². The van der Waals surface area contributed by atoms with Crippen LogP contribution >= 0.6 is 0 Å². The van der Waals surface area contributed by atoms with Gasteiger partial charge >= 0.3 is 5.69 Å². The standard InChI is InChI=1S/C25H27FN4O3/c1-28(18-10-11-29(15-18)13-16-6-7-16)24(32)20-12-17(8-9-21(20)26)14-30-22-5-3-2-4-19(22)23(31)27-25(30)33/h2-5,8-9,12,16,18H,6-7,10-11,13-15H2,1H3,(H,27,31,33). The highest BCUT2D eigenvalue weighted by atomic mass is 19.1. The SMILES string of the molecule is CN(C(=O)c1cc(Cn2c(=O)[nH]c(=O)c3ccccc32)ccc1F)C1CCN(CC2CC2)C1. The fourth-order valence-electron chi connectivity index (χ4n) is 4.73. The molecule has 2 fully saturated rings. The second-order valence-corrected chi connectivity index (χ2v) is 9.24. The van der Waals surface area contributed by atoms with Crippen LogP contribution in [0, 0.1) is 11.7 Å². The summed E-state index contributed by atoms with van der Waals surface area (Å²) in [6, 6.07) is 11.2. The van der Waals surface area contributed by atoms with Gasteiger partial charge < -0.3 is 9.80 Å². The van der Waals surface area contributed by atoms with Crippen molar-refractivity contribution in [2.24, 2.45) is 5.92 Å². The van der Waals surface area contributed by atoms with E-state index in [4.69, 9.17) is 0 Å². The molecule has 0 spiro atoms. The van der Waals surface area contributed by atoms with E-state index < -0.39 is 17.1 Å². The van der Waals surface area contributed by atoms with Gasteiger partial charge in [0.2, 0.25) is 0 Å². The van der Waals surface area contributed by atoms with Crippen molar-refractivity contribution in [2.75, 3.05) is 26.7 Å². The number of halogens is 1. The average Bonchev–Trinajstić information content (AvgIpc) is 3.51. The molecular formula is C25H27FN4O3. The van der Waals surface area contributed by atoms with Crippen molar-refractivity contribution in [3.63, 3.8) is 0 Å². The quantitative estimate of drug-likeness (QED) is 0.626. The summed E-state index contributed by atoms with van der Waals surface area (Å²) < 4.78 is 16.1. The highest BCUT2D eigenvalue weighted by Gasteiger charge is 2.33. The van der Waals surface area contributed by atoms with Gasteiger partial charge in [0.25, 0.3) is 11.5 Å². The molecule has 1 aliphatic heterocycles. The number of amides is 1. The summed E-state index contributed by atoms with van der Waals surface area (Å²) in [5, 5.41) is 0.396. The molecule has 2 aromatic carbocycles. The topological polar surface area (TPSA) is 78.4 Å². The van der Waals surface area contributed by atoms with Gasteiger partial charge in [-0.25, -0.2) is 9.18 Å². The average molecular weight is 451 g/mol. The zero-order valence-electron chi connectivity index (χ0n) is 18.6. The molecule has 1 unspecified atom stereocenters. The largest absolute Gasteiger partial charge is 0.337 e. The predicted octanol–water partition coefficient (Wildman–Crippen LogP) is 2.43. The van der Waals surface area contributed by atoms with E-state index in [-0.39, 0.29) is 24.1 Å². The Bertz CT molecular complexity index is 1330. The first-order valence-electron chi connectivity index (χ1n) is 11.4. The van der Waals surface area contributed by atoms with Crippen LogP contribution in [0.5, 0.6) is 0 Å². The van der Waals surface area contributed by atoms with Crippen molar-refractivity contribution in [1.29, 1.82) is 0 Å². The maximum Gasteiger partial charge on any atom is 0.329 e. The van der Waals surface area contributed by atoms with Crippen molar-refractivity contribution in [3.8, 4) is 0 Å². The first-order chi connectivity index (χ1) is 15.9. The maximum atomic E-state index is 14.7. The molecule has 172 valence electrons. The molecule has 1 aromatic heterocycles. The number of hydrogen-bond donors (Lipinski definition) is 1. The van der Waals surface area contributed by atoms with Gasteiger partial charge in [0.1, 0.15) is 5.82 Å². The van der Waals surface area contributed by atoms with Crippen LogP contribution in [0.2, 0.25) is 0 Å². The van der Waals surface area contributed by atoms with Gasteiger partial charge in [-0.15, -0.1) is 0 Å². The first-order valence-corrected chi connectivity index (χ1v) is 11.4. The van der Waals surface area contributed by atoms with E-state index in [1.54, 1.807) is 42.3 Å². The second kappa shape index (κ2) is 8.59. The molecule has 2 heterocycles. The van der Waals surface area contributed by atoms with Crippen molar-refractivity contribution in [1.82, 2.24) is 19.4 Å². The molecular weight excluding hydrogens is 423 g/mol. The molecule has 1 atom stereocenters. The summed E-state index contributed by atoms with van der Waals surface area (Å²) >= 11 is 0. The minimum absolute atomic E-state index is 0.00239. The van der Waals surface area contributed by atoms with Crippen LogP contribution in [0.3, 0.4) is 0 Å². The van der Waals surface area contributed by atoms with Gasteiger partial charge in [0.05, 0.1) is 23.0 Å². The number of hydrogen-bond acceptors (Lipinski definition) is 4. The molecule has 1 amide bonds. The molecule has 0 radical (unpaired) electrons. The number of aromatic nitrogens is 2. The lowest BCUT2D eigenvalue weighted by Gasteiger charge is -2.25. The summed E-state index contributed by atoms with van der Waals surface area (Å²) in [7, 11) is 1.74. The second-order valence-electron chi connectivity index (χ2n) is 9.24.